The summed E-state index contributed by atoms with van der Waals surface area (Å²) in [4.78, 5) is 60.9. The summed E-state index contributed by atoms with van der Waals surface area (Å²) >= 11 is 5.31. The highest BCUT2D eigenvalue weighted by molar-refractivity contribution is 7.80. The zero-order chi connectivity index (χ0) is 32.4. The van der Waals surface area contributed by atoms with Crippen LogP contribution < -0.4 is 10.6 Å². The lowest BCUT2D eigenvalue weighted by atomic mass is 10.0. The molecule has 0 radical (unpaired) electrons. The number of unbranched alkanes of at least 4 members (excludes halogenated alkanes) is 2. The van der Waals surface area contributed by atoms with Crippen molar-refractivity contribution in [3.8, 4) is 0 Å². The third-order valence-corrected chi connectivity index (χ3v) is 6.47. The quantitative estimate of drug-likeness (QED) is 0.0645. The molecule has 1 atom stereocenters. The third-order valence-electron chi connectivity index (χ3n) is 6.22. The second-order valence-electron chi connectivity index (χ2n) is 9.96. The molecule has 1 rings (SSSR count). The lowest BCUT2D eigenvalue weighted by Gasteiger charge is -2.34. The molecule has 0 spiro atoms. The Kier molecular flexibility index (Phi) is 17.4. The number of nitrogens with zero attached hydrogens (tertiary/aromatic N) is 3. The molecule has 0 aliphatic rings. The minimum atomic E-state index is -1.27. The molecule has 16 heteroatoms. The summed E-state index contributed by atoms with van der Waals surface area (Å²) in [6.45, 7) is -0.368. The largest absolute Gasteiger partial charge is 0.480 e. The lowest BCUT2D eigenvalue weighted by molar-refractivity contribution is -0.144. The van der Waals surface area contributed by atoms with Gasteiger partial charge >= 0.3 is 29.8 Å². The predicted molar refractivity (Wildman–Crippen MR) is 160 cm³/mol. The number of aliphatic carboxylic acids is 5. The van der Waals surface area contributed by atoms with Gasteiger partial charge < -0.3 is 36.2 Å². The highest BCUT2D eigenvalue weighted by Crippen LogP contribution is 2.15. The fourth-order valence-corrected chi connectivity index (χ4v) is 4.54. The third kappa shape index (κ3) is 17.6. The van der Waals surface area contributed by atoms with Gasteiger partial charge in [-0.05, 0) is 42.8 Å². The van der Waals surface area contributed by atoms with E-state index in [0.717, 1.165) is 30.7 Å². The first-order chi connectivity index (χ1) is 20.3. The fourth-order valence-electron chi connectivity index (χ4n) is 4.32. The standard InChI is InChI=1S/C27H41N5O10S/c1-2-3-4-9-28-27(43)29-20-7-5-19(6-8-20)12-21(32(17-25(39)40)18-26(41)42)13-30(14-22(33)34)10-11-31(15-23(35)36)16-24(37)38/h5-8,21H,2-4,9-18H2,1H3,(H,33,34)(H,35,36)(H,37,38)(H,39,40)(H,41,42)(H2,28,29,43). The molecule has 0 aliphatic heterocycles. The van der Waals surface area contributed by atoms with Crippen LogP contribution >= 0.6 is 12.2 Å². The maximum absolute atomic E-state index is 11.6. The van der Waals surface area contributed by atoms with Crippen molar-refractivity contribution < 1.29 is 49.5 Å². The summed E-state index contributed by atoms with van der Waals surface area (Å²) in [7, 11) is 0. The van der Waals surface area contributed by atoms with Gasteiger partial charge in [-0.2, -0.15) is 0 Å². The Labute approximate surface area is 255 Å². The van der Waals surface area contributed by atoms with Crippen LogP contribution in [0.2, 0.25) is 0 Å². The molecule has 0 amide bonds. The maximum atomic E-state index is 11.6. The van der Waals surface area contributed by atoms with Crippen LogP contribution in [0.15, 0.2) is 24.3 Å². The molecule has 0 saturated heterocycles. The van der Waals surface area contributed by atoms with E-state index in [9.17, 15) is 39.3 Å². The van der Waals surface area contributed by atoms with E-state index in [1.54, 1.807) is 24.3 Å². The number of benzene rings is 1. The molecule has 1 unspecified atom stereocenters. The van der Waals surface area contributed by atoms with Crippen molar-refractivity contribution in [3.05, 3.63) is 29.8 Å². The van der Waals surface area contributed by atoms with Crippen LogP contribution in [0.5, 0.6) is 0 Å². The first kappa shape index (κ1) is 37.2. The molecular formula is C27H41N5O10S. The average molecular weight is 628 g/mol. The van der Waals surface area contributed by atoms with E-state index < -0.39 is 68.6 Å². The molecule has 7 N–H and O–H groups in total. The van der Waals surface area contributed by atoms with Crippen molar-refractivity contribution in [2.45, 2.75) is 38.6 Å². The predicted octanol–water partition coefficient (Wildman–Crippen LogP) is 0.403. The van der Waals surface area contributed by atoms with E-state index in [0.29, 0.717) is 16.4 Å². The monoisotopic (exact) mass is 627 g/mol. The number of carbonyl (C=O) groups is 5. The Morgan fingerprint density at radius 2 is 1.23 bits per heavy atom. The molecule has 15 nitrogen and oxygen atoms in total. The van der Waals surface area contributed by atoms with Gasteiger partial charge in [0.15, 0.2) is 5.11 Å². The molecule has 0 heterocycles. The summed E-state index contributed by atoms with van der Waals surface area (Å²) in [5.74, 6) is -6.29. The van der Waals surface area contributed by atoms with Crippen molar-refractivity contribution in [3.63, 3.8) is 0 Å². The topological polar surface area (TPSA) is 220 Å². The van der Waals surface area contributed by atoms with E-state index in [2.05, 4.69) is 17.6 Å². The summed E-state index contributed by atoms with van der Waals surface area (Å²) in [6, 6.07) is 6.26. The molecular weight excluding hydrogens is 586 g/mol. The summed E-state index contributed by atoms with van der Waals surface area (Å²) in [5.41, 5.74) is 1.41. The number of nitrogens with one attached hydrogen (secondary N) is 2. The summed E-state index contributed by atoms with van der Waals surface area (Å²) in [5, 5.41) is 53.3. The zero-order valence-electron chi connectivity index (χ0n) is 24.1. The average Bonchev–Trinajstić information content (AvgIpc) is 2.88. The van der Waals surface area contributed by atoms with Gasteiger partial charge in [0, 0.05) is 37.9 Å². The molecule has 240 valence electrons. The normalized spacial score (nSPS) is 11.8. The Balaban J connectivity index is 3.15. The Hall–Kier alpha value is -3.86. The lowest BCUT2D eigenvalue weighted by Crippen LogP contribution is -2.51. The van der Waals surface area contributed by atoms with Gasteiger partial charge in [0.05, 0.1) is 32.7 Å². The molecule has 1 aromatic rings. The van der Waals surface area contributed by atoms with Gasteiger partial charge in [-0.1, -0.05) is 31.9 Å². The minimum absolute atomic E-state index is 0.0666. The number of hydrogen-bond donors (Lipinski definition) is 7. The van der Waals surface area contributed by atoms with E-state index in [1.165, 1.54) is 9.80 Å². The Morgan fingerprint density at radius 3 is 1.72 bits per heavy atom. The van der Waals surface area contributed by atoms with Gasteiger partial charge in [-0.3, -0.25) is 38.7 Å². The van der Waals surface area contributed by atoms with Gasteiger partial charge in [0.25, 0.3) is 0 Å². The Bertz CT molecular complexity index is 1060. The molecule has 1 aromatic carbocycles. The van der Waals surface area contributed by atoms with Crippen LogP contribution in [-0.2, 0) is 30.4 Å². The zero-order valence-corrected chi connectivity index (χ0v) is 24.9. The van der Waals surface area contributed by atoms with Crippen LogP contribution in [0.25, 0.3) is 0 Å². The molecule has 0 saturated carbocycles. The number of rotatable bonds is 23. The van der Waals surface area contributed by atoms with Crippen molar-refractivity contribution in [1.82, 2.24) is 20.0 Å². The van der Waals surface area contributed by atoms with Crippen LogP contribution in [0.1, 0.15) is 31.7 Å². The molecule has 0 fully saturated rings. The summed E-state index contributed by atoms with van der Waals surface area (Å²) < 4.78 is 0. The van der Waals surface area contributed by atoms with Gasteiger partial charge in [-0.25, -0.2) is 0 Å². The number of carboxylic acids is 5. The molecule has 0 bridgehead atoms. The molecule has 43 heavy (non-hydrogen) atoms. The number of thiocarbonyl (C=S) groups is 1. The van der Waals surface area contributed by atoms with Gasteiger partial charge in [-0.15, -0.1) is 0 Å². The van der Waals surface area contributed by atoms with Crippen molar-refractivity contribution >= 4 is 52.9 Å². The number of hydrogen-bond acceptors (Lipinski definition) is 9. The number of anilines is 1. The SMILES string of the molecule is CCCCCNC(=S)Nc1ccc(CC(CN(CCN(CC(=O)O)CC(=O)O)CC(=O)O)N(CC(=O)O)CC(=O)O)cc1. The smallest absolute Gasteiger partial charge is 0.317 e. The first-order valence-electron chi connectivity index (χ1n) is 13.7. The fraction of sp³-hybridized carbons (Fsp3) is 0.556. The van der Waals surface area contributed by atoms with Crippen molar-refractivity contribution in [2.24, 2.45) is 0 Å². The van der Waals surface area contributed by atoms with Crippen molar-refractivity contribution in [1.29, 1.82) is 0 Å². The maximum Gasteiger partial charge on any atom is 0.317 e. The molecule has 0 aliphatic carbocycles. The highest BCUT2D eigenvalue weighted by atomic mass is 32.1. The highest BCUT2D eigenvalue weighted by Gasteiger charge is 2.27. The minimum Gasteiger partial charge on any atom is -0.480 e. The number of carboxylic acid groups (broad SMARTS) is 5. The summed E-state index contributed by atoms with van der Waals surface area (Å²) in [6.07, 6.45) is 3.31. The van der Waals surface area contributed by atoms with E-state index >= 15 is 0 Å². The van der Waals surface area contributed by atoms with Crippen LogP contribution in [0.3, 0.4) is 0 Å². The Morgan fingerprint density at radius 1 is 0.744 bits per heavy atom. The van der Waals surface area contributed by atoms with Crippen LogP contribution in [-0.4, -0.2) is 140 Å². The molecule has 0 aromatic heterocycles. The van der Waals surface area contributed by atoms with Crippen LogP contribution in [0, 0.1) is 0 Å². The van der Waals surface area contributed by atoms with Gasteiger partial charge in [0.2, 0.25) is 0 Å². The second kappa shape index (κ2) is 20.1. The second-order valence-corrected chi connectivity index (χ2v) is 10.4. The van der Waals surface area contributed by atoms with Gasteiger partial charge in [0.1, 0.15) is 0 Å². The van der Waals surface area contributed by atoms with E-state index in [4.69, 9.17) is 22.4 Å². The van der Waals surface area contributed by atoms with E-state index in [1.807, 2.05) is 0 Å². The van der Waals surface area contributed by atoms with Crippen molar-refractivity contribution in [2.75, 3.05) is 64.2 Å². The first-order valence-corrected chi connectivity index (χ1v) is 14.1. The van der Waals surface area contributed by atoms with E-state index in [-0.39, 0.29) is 26.1 Å². The van der Waals surface area contributed by atoms with Crippen LogP contribution in [0.4, 0.5) is 5.69 Å².